The molecule has 0 bridgehead atoms. The van der Waals surface area contributed by atoms with Crippen molar-refractivity contribution in [1.29, 1.82) is 0 Å². The second kappa shape index (κ2) is 5.93. The van der Waals surface area contributed by atoms with Crippen molar-refractivity contribution in [2.45, 2.75) is 39.7 Å². The molecule has 0 aliphatic carbocycles. The maximum Gasteiger partial charge on any atom is 0.140 e. The minimum atomic E-state index is -0.489. The number of aryl methyl sites for hydroxylation is 2. The second-order valence-corrected chi connectivity index (χ2v) is 5.91. The Morgan fingerprint density at radius 3 is 2.55 bits per heavy atom. The first kappa shape index (κ1) is 14.8. The number of aliphatic hydroxyl groups excluding tert-OH is 1. The van der Waals surface area contributed by atoms with Crippen molar-refractivity contribution in [2.24, 2.45) is 0 Å². The van der Waals surface area contributed by atoms with E-state index in [1.54, 1.807) is 0 Å². The summed E-state index contributed by atoms with van der Waals surface area (Å²) >= 11 is 0. The third-order valence-electron chi connectivity index (χ3n) is 4.15. The fourth-order valence-electron chi connectivity index (χ4n) is 2.84. The summed E-state index contributed by atoms with van der Waals surface area (Å²) in [7, 11) is 0. The highest BCUT2D eigenvalue weighted by Gasteiger charge is 2.19. The van der Waals surface area contributed by atoms with Crippen molar-refractivity contribution in [3.05, 3.63) is 70.7 Å². The van der Waals surface area contributed by atoms with E-state index in [9.17, 15) is 5.11 Å². The van der Waals surface area contributed by atoms with E-state index in [0.29, 0.717) is 6.42 Å². The second-order valence-electron chi connectivity index (χ2n) is 5.91. The van der Waals surface area contributed by atoms with Gasteiger partial charge in [-0.15, -0.1) is 0 Å². The van der Waals surface area contributed by atoms with Crippen molar-refractivity contribution in [1.82, 2.24) is 9.38 Å². The fourth-order valence-corrected chi connectivity index (χ4v) is 2.84. The van der Waals surface area contributed by atoms with Crippen LogP contribution in [0.2, 0.25) is 0 Å². The molecule has 0 amide bonds. The SMILES string of the molecule is CCC(O)c1c(Cc2ccc(C)cc2)nc2c(C)cccn12. The molecular formula is C19H22N2O. The van der Waals surface area contributed by atoms with Crippen LogP contribution in [0.1, 0.15) is 47.5 Å². The molecule has 1 aromatic carbocycles. The van der Waals surface area contributed by atoms with Crippen molar-refractivity contribution in [3.63, 3.8) is 0 Å². The lowest BCUT2D eigenvalue weighted by molar-refractivity contribution is 0.167. The van der Waals surface area contributed by atoms with Crippen LogP contribution in [0.15, 0.2) is 42.6 Å². The number of aromatic nitrogens is 2. The van der Waals surface area contributed by atoms with Gasteiger partial charge in [0.25, 0.3) is 0 Å². The number of benzene rings is 1. The van der Waals surface area contributed by atoms with Gasteiger partial charge in [-0.2, -0.15) is 0 Å². The molecule has 3 aromatic rings. The van der Waals surface area contributed by atoms with Gasteiger partial charge in [-0.25, -0.2) is 4.98 Å². The van der Waals surface area contributed by atoms with Gasteiger partial charge < -0.3 is 9.51 Å². The lowest BCUT2D eigenvalue weighted by Crippen LogP contribution is -2.04. The Bertz CT molecular complexity index is 787. The van der Waals surface area contributed by atoms with E-state index >= 15 is 0 Å². The zero-order valence-electron chi connectivity index (χ0n) is 13.4. The van der Waals surface area contributed by atoms with Crippen LogP contribution in [0, 0.1) is 13.8 Å². The zero-order valence-corrected chi connectivity index (χ0v) is 13.4. The van der Waals surface area contributed by atoms with Gasteiger partial charge in [0.05, 0.1) is 17.5 Å². The highest BCUT2D eigenvalue weighted by Crippen LogP contribution is 2.26. The van der Waals surface area contributed by atoms with Gasteiger partial charge in [0.2, 0.25) is 0 Å². The number of pyridine rings is 1. The van der Waals surface area contributed by atoms with Crippen LogP contribution in [0.5, 0.6) is 0 Å². The number of nitrogens with zero attached hydrogens (tertiary/aromatic N) is 2. The molecule has 0 fully saturated rings. The Kier molecular flexibility index (Phi) is 3.99. The molecule has 3 nitrogen and oxygen atoms in total. The molecule has 2 aromatic heterocycles. The van der Waals surface area contributed by atoms with Gasteiger partial charge in [-0.05, 0) is 37.5 Å². The first-order valence-electron chi connectivity index (χ1n) is 7.80. The van der Waals surface area contributed by atoms with E-state index in [4.69, 9.17) is 4.98 Å². The summed E-state index contributed by atoms with van der Waals surface area (Å²) in [5.74, 6) is 0. The average Bonchev–Trinajstić information content (AvgIpc) is 2.88. The topological polar surface area (TPSA) is 37.5 Å². The van der Waals surface area contributed by atoms with Gasteiger partial charge in [0.1, 0.15) is 5.65 Å². The molecule has 0 saturated carbocycles. The molecule has 1 N–H and O–H groups in total. The highest BCUT2D eigenvalue weighted by atomic mass is 16.3. The van der Waals surface area contributed by atoms with Crippen LogP contribution in [-0.2, 0) is 6.42 Å². The summed E-state index contributed by atoms with van der Waals surface area (Å²) in [6.45, 7) is 6.14. The molecule has 3 rings (SSSR count). The van der Waals surface area contributed by atoms with Gasteiger partial charge in [-0.3, -0.25) is 0 Å². The molecule has 1 unspecified atom stereocenters. The van der Waals surface area contributed by atoms with Crippen molar-refractivity contribution < 1.29 is 5.11 Å². The molecule has 2 heterocycles. The average molecular weight is 294 g/mol. The van der Waals surface area contributed by atoms with Gasteiger partial charge in [0, 0.05) is 12.6 Å². The molecule has 0 saturated heterocycles. The molecule has 22 heavy (non-hydrogen) atoms. The number of hydrogen-bond acceptors (Lipinski definition) is 2. The summed E-state index contributed by atoms with van der Waals surface area (Å²) in [6, 6.07) is 12.6. The maximum absolute atomic E-state index is 10.4. The smallest absolute Gasteiger partial charge is 0.140 e. The molecule has 0 radical (unpaired) electrons. The Hall–Kier alpha value is -2.13. The number of fused-ring (bicyclic) bond motifs is 1. The van der Waals surface area contributed by atoms with E-state index in [0.717, 1.165) is 29.0 Å². The van der Waals surface area contributed by atoms with Gasteiger partial charge in [-0.1, -0.05) is 42.8 Å². The van der Waals surface area contributed by atoms with Gasteiger partial charge in [0.15, 0.2) is 0 Å². The quantitative estimate of drug-likeness (QED) is 0.790. The Balaban J connectivity index is 2.11. The molecule has 3 heteroatoms. The molecule has 114 valence electrons. The first-order chi connectivity index (χ1) is 10.6. The summed E-state index contributed by atoms with van der Waals surface area (Å²) in [5.41, 5.74) is 6.42. The normalized spacial score (nSPS) is 12.7. The number of rotatable bonds is 4. The Morgan fingerprint density at radius 1 is 1.14 bits per heavy atom. The fraction of sp³-hybridized carbons (Fsp3) is 0.316. The van der Waals surface area contributed by atoms with Crippen LogP contribution in [0.3, 0.4) is 0 Å². The molecular weight excluding hydrogens is 272 g/mol. The minimum absolute atomic E-state index is 0.489. The molecule has 1 atom stereocenters. The van der Waals surface area contributed by atoms with Crippen molar-refractivity contribution in [3.8, 4) is 0 Å². The highest BCUT2D eigenvalue weighted by molar-refractivity contribution is 5.51. The van der Waals surface area contributed by atoms with E-state index in [1.807, 2.05) is 23.6 Å². The van der Waals surface area contributed by atoms with Crippen LogP contribution in [0.4, 0.5) is 0 Å². The molecule has 0 aliphatic heterocycles. The van der Waals surface area contributed by atoms with Crippen molar-refractivity contribution in [2.75, 3.05) is 0 Å². The predicted octanol–water partition coefficient (Wildman–Crippen LogP) is 3.99. The third-order valence-corrected chi connectivity index (χ3v) is 4.15. The number of aliphatic hydroxyl groups is 1. The minimum Gasteiger partial charge on any atom is -0.387 e. The van der Waals surface area contributed by atoms with Crippen LogP contribution >= 0.6 is 0 Å². The zero-order chi connectivity index (χ0) is 15.7. The standard InChI is InChI=1S/C19H22N2O/c1-4-17(22)18-16(12-15-9-7-13(2)8-10-15)20-19-14(3)6-5-11-21(18)19/h5-11,17,22H,4,12H2,1-3H3. The molecule has 0 spiro atoms. The Labute approximate surface area is 131 Å². The first-order valence-corrected chi connectivity index (χ1v) is 7.80. The summed E-state index contributed by atoms with van der Waals surface area (Å²) < 4.78 is 2.03. The van der Waals surface area contributed by atoms with E-state index in [1.165, 1.54) is 11.1 Å². The largest absolute Gasteiger partial charge is 0.387 e. The number of imidazole rings is 1. The van der Waals surface area contributed by atoms with Crippen LogP contribution < -0.4 is 0 Å². The van der Waals surface area contributed by atoms with Crippen LogP contribution in [0.25, 0.3) is 5.65 Å². The molecule has 0 aliphatic rings. The lowest BCUT2D eigenvalue weighted by atomic mass is 10.0. The lowest BCUT2D eigenvalue weighted by Gasteiger charge is -2.11. The van der Waals surface area contributed by atoms with E-state index in [2.05, 4.69) is 44.2 Å². The maximum atomic E-state index is 10.4. The number of hydrogen-bond donors (Lipinski definition) is 1. The monoisotopic (exact) mass is 294 g/mol. The summed E-state index contributed by atoms with van der Waals surface area (Å²) in [6.07, 6.45) is 2.93. The summed E-state index contributed by atoms with van der Waals surface area (Å²) in [4.78, 5) is 4.80. The van der Waals surface area contributed by atoms with Crippen molar-refractivity contribution >= 4 is 5.65 Å². The third kappa shape index (κ3) is 2.64. The summed E-state index contributed by atoms with van der Waals surface area (Å²) in [5, 5.41) is 10.4. The Morgan fingerprint density at radius 2 is 1.86 bits per heavy atom. The van der Waals surface area contributed by atoms with Crippen LogP contribution in [-0.4, -0.2) is 14.5 Å². The van der Waals surface area contributed by atoms with E-state index in [-0.39, 0.29) is 0 Å². The van der Waals surface area contributed by atoms with E-state index < -0.39 is 6.10 Å². The van der Waals surface area contributed by atoms with Gasteiger partial charge >= 0.3 is 0 Å². The predicted molar refractivity (Wildman–Crippen MR) is 89.2 cm³/mol.